The lowest BCUT2D eigenvalue weighted by Gasteiger charge is -2.13. The number of carbonyl (C=O) groups excluding carboxylic acids is 1. The van der Waals surface area contributed by atoms with Crippen molar-refractivity contribution in [2.75, 3.05) is 0 Å². The Hall–Kier alpha value is -2.88. The lowest BCUT2D eigenvalue weighted by atomic mass is 10.1. The number of nitrogens with one attached hydrogen (secondary N) is 1. The second-order valence-corrected chi connectivity index (χ2v) is 6.90. The number of aryl methyl sites for hydroxylation is 1. The maximum absolute atomic E-state index is 12.7. The fourth-order valence-corrected chi connectivity index (χ4v) is 3.45. The molecule has 3 aromatic rings. The molecular formula is C22H22N2O2. The first-order valence-corrected chi connectivity index (χ1v) is 9.14. The van der Waals surface area contributed by atoms with E-state index >= 15 is 0 Å². The average molecular weight is 346 g/mol. The van der Waals surface area contributed by atoms with E-state index in [2.05, 4.69) is 17.2 Å². The van der Waals surface area contributed by atoms with E-state index in [4.69, 9.17) is 4.42 Å². The van der Waals surface area contributed by atoms with E-state index in [0.717, 1.165) is 24.0 Å². The normalized spacial score (nSPS) is 14.5. The number of amides is 1. The van der Waals surface area contributed by atoms with Gasteiger partial charge in [-0.05, 0) is 31.9 Å². The van der Waals surface area contributed by atoms with Gasteiger partial charge < -0.3 is 9.73 Å². The molecule has 1 aliphatic rings. The van der Waals surface area contributed by atoms with Crippen molar-refractivity contribution in [2.24, 2.45) is 0 Å². The molecule has 4 nitrogen and oxygen atoms in total. The predicted molar refractivity (Wildman–Crippen MR) is 102 cm³/mol. The van der Waals surface area contributed by atoms with Gasteiger partial charge in [0.05, 0.1) is 11.8 Å². The van der Waals surface area contributed by atoms with Gasteiger partial charge in [0.25, 0.3) is 5.91 Å². The lowest BCUT2D eigenvalue weighted by Crippen LogP contribution is -2.32. The van der Waals surface area contributed by atoms with Gasteiger partial charge in [0.15, 0.2) is 5.76 Å². The number of carbonyl (C=O) groups is 1. The van der Waals surface area contributed by atoms with Gasteiger partial charge in [0.2, 0.25) is 5.89 Å². The van der Waals surface area contributed by atoms with Crippen LogP contribution < -0.4 is 5.32 Å². The van der Waals surface area contributed by atoms with Crippen molar-refractivity contribution < 1.29 is 9.21 Å². The van der Waals surface area contributed by atoms with E-state index in [1.165, 1.54) is 18.4 Å². The summed E-state index contributed by atoms with van der Waals surface area (Å²) in [5, 5.41) is 3.14. The Kier molecular flexibility index (Phi) is 4.57. The molecule has 0 bridgehead atoms. The largest absolute Gasteiger partial charge is 0.436 e. The molecular weight excluding hydrogens is 324 g/mol. The Bertz CT molecular complexity index is 906. The second kappa shape index (κ2) is 7.16. The molecule has 1 saturated carbocycles. The second-order valence-electron chi connectivity index (χ2n) is 6.90. The summed E-state index contributed by atoms with van der Waals surface area (Å²) in [6.07, 6.45) is 6.21. The van der Waals surface area contributed by atoms with Gasteiger partial charge >= 0.3 is 0 Å². The molecule has 1 amide bonds. The summed E-state index contributed by atoms with van der Waals surface area (Å²) in [6, 6.07) is 15.9. The van der Waals surface area contributed by atoms with Crippen LogP contribution >= 0.6 is 0 Å². The molecule has 0 atom stereocenters. The van der Waals surface area contributed by atoms with Crippen LogP contribution in [0.1, 0.15) is 41.6 Å². The molecule has 26 heavy (non-hydrogen) atoms. The van der Waals surface area contributed by atoms with Crippen LogP contribution in [0.4, 0.5) is 0 Å². The van der Waals surface area contributed by atoms with E-state index in [1.807, 2.05) is 48.5 Å². The van der Waals surface area contributed by atoms with Crippen molar-refractivity contribution in [1.29, 1.82) is 0 Å². The summed E-state index contributed by atoms with van der Waals surface area (Å²) in [5.74, 6) is 1.12. The van der Waals surface area contributed by atoms with Gasteiger partial charge in [-0.2, -0.15) is 0 Å². The molecule has 1 N–H and O–H groups in total. The van der Waals surface area contributed by atoms with Gasteiger partial charge in [-0.25, -0.2) is 4.98 Å². The van der Waals surface area contributed by atoms with Crippen LogP contribution in [0, 0.1) is 6.92 Å². The summed E-state index contributed by atoms with van der Waals surface area (Å²) in [6.45, 7) is 2.05. The van der Waals surface area contributed by atoms with Crippen LogP contribution in [0.15, 0.2) is 59.1 Å². The minimum atomic E-state index is -0.0532. The number of benzene rings is 2. The molecule has 0 radical (unpaired) electrons. The predicted octanol–water partition coefficient (Wildman–Crippen LogP) is 4.99. The summed E-state index contributed by atoms with van der Waals surface area (Å²) in [7, 11) is 0. The first-order chi connectivity index (χ1) is 12.7. The average Bonchev–Trinajstić information content (AvgIpc) is 3.34. The standard InChI is InChI=1S/C22H22N2O2/c1-15-10-12-16(13-11-15)20-14-23-22(26-20)19-9-5-4-8-18(19)21(25)24-17-6-2-3-7-17/h4-5,8-14,17H,2-3,6-7H2,1H3,(H,24,25). The van der Waals surface area contributed by atoms with Crippen LogP contribution in [0.25, 0.3) is 22.8 Å². The van der Waals surface area contributed by atoms with Crippen LogP contribution in [-0.2, 0) is 0 Å². The van der Waals surface area contributed by atoms with Crippen LogP contribution in [0.3, 0.4) is 0 Å². The summed E-state index contributed by atoms with van der Waals surface area (Å²) < 4.78 is 5.97. The molecule has 1 fully saturated rings. The molecule has 0 spiro atoms. The number of oxazole rings is 1. The maximum Gasteiger partial charge on any atom is 0.252 e. The van der Waals surface area contributed by atoms with E-state index in [-0.39, 0.29) is 11.9 Å². The van der Waals surface area contributed by atoms with Crippen molar-refractivity contribution in [3.63, 3.8) is 0 Å². The number of hydrogen-bond acceptors (Lipinski definition) is 3. The zero-order valence-electron chi connectivity index (χ0n) is 14.9. The van der Waals surface area contributed by atoms with Crippen molar-refractivity contribution in [3.05, 3.63) is 65.9 Å². The van der Waals surface area contributed by atoms with E-state index < -0.39 is 0 Å². The highest BCUT2D eigenvalue weighted by Gasteiger charge is 2.21. The van der Waals surface area contributed by atoms with Gasteiger partial charge in [-0.15, -0.1) is 0 Å². The minimum Gasteiger partial charge on any atom is -0.436 e. The quantitative estimate of drug-likeness (QED) is 0.724. The molecule has 132 valence electrons. The fourth-order valence-electron chi connectivity index (χ4n) is 3.45. The van der Waals surface area contributed by atoms with Crippen molar-refractivity contribution in [3.8, 4) is 22.8 Å². The topological polar surface area (TPSA) is 55.1 Å². The smallest absolute Gasteiger partial charge is 0.252 e. The molecule has 1 aliphatic carbocycles. The molecule has 4 rings (SSSR count). The van der Waals surface area contributed by atoms with Crippen LogP contribution in [0.2, 0.25) is 0 Å². The molecule has 1 heterocycles. The summed E-state index contributed by atoms with van der Waals surface area (Å²) >= 11 is 0. The van der Waals surface area contributed by atoms with Gasteiger partial charge in [0.1, 0.15) is 0 Å². The van der Waals surface area contributed by atoms with Crippen LogP contribution in [0.5, 0.6) is 0 Å². The number of hydrogen-bond donors (Lipinski definition) is 1. The first-order valence-electron chi connectivity index (χ1n) is 9.14. The first kappa shape index (κ1) is 16.6. The van der Waals surface area contributed by atoms with Gasteiger partial charge in [0, 0.05) is 17.2 Å². The van der Waals surface area contributed by atoms with E-state index in [9.17, 15) is 4.79 Å². The summed E-state index contributed by atoms with van der Waals surface area (Å²) in [5.41, 5.74) is 3.50. The third-order valence-corrected chi connectivity index (χ3v) is 4.93. The lowest BCUT2D eigenvalue weighted by molar-refractivity contribution is 0.0938. The van der Waals surface area contributed by atoms with Gasteiger partial charge in [-0.1, -0.05) is 54.8 Å². The monoisotopic (exact) mass is 346 g/mol. The Morgan fingerprint density at radius 1 is 1.08 bits per heavy atom. The number of nitrogens with zero attached hydrogens (tertiary/aromatic N) is 1. The van der Waals surface area contributed by atoms with E-state index in [0.29, 0.717) is 17.2 Å². The maximum atomic E-state index is 12.7. The SMILES string of the molecule is Cc1ccc(-c2cnc(-c3ccccc3C(=O)NC3CCCC3)o2)cc1. The Balaban J connectivity index is 1.62. The fraction of sp³-hybridized carbons (Fsp3) is 0.273. The highest BCUT2D eigenvalue weighted by molar-refractivity contribution is 6.00. The molecule has 0 aliphatic heterocycles. The molecule has 0 saturated heterocycles. The van der Waals surface area contributed by atoms with Crippen molar-refractivity contribution in [1.82, 2.24) is 10.3 Å². The molecule has 0 unspecified atom stereocenters. The minimum absolute atomic E-state index is 0.0532. The number of aromatic nitrogens is 1. The third-order valence-electron chi connectivity index (χ3n) is 4.93. The number of rotatable bonds is 4. The van der Waals surface area contributed by atoms with Crippen LogP contribution in [-0.4, -0.2) is 16.9 Å². The van der Waals surface area contributed by atoms with Crippen molar-refractivity contribution in [2.45, 2.75) is 38.6 Å². The molecule has 4 heteroatoms. The zero-order valence-corrected chi connectivity index (χ0v) is 14.9. The van der Waals surface area contributed by atoms with Crippen molar-refractivity contribution >= 4 is 5.91 Å². The Morgan fingerprint density at radius 2 is 1.81 bits per heavy atom. The molecule has 2 aromatic carbocycles. The Morgan fingerprint density at radius 3 is 2.58 bits per heavy atom. The van der Waals surface area contributed by atoms with Gasteiger partial charge in [-0.3, -0.25) is 4.79 Å². The highest BCUT2D eigenvalue weighted by atomic mass is 16.4. The zero-order chi connectivity index (χ0) is 17.9. The highest BCUT2D eigenvalue weighted by Crippen LogP contribution is 2.29. The third kappa shape index (κ3) is 3.40. The molecule has 1 aromatic heterocycles. The van der Waals surface area contributed by atoms with E-state index in [1.54, 1.807) is 6.20 Å². The Labute approximate surface area is 153 Å². The summed E-state index contributed by atoms with van der Waals surface area (Å²) in [4.78, 5) is 17.1.